The topological polar surface area (TPSA) is 56.7 Å². The van der Waals surface area contributed by atoms with Gasteiger partial charge < -0.3 is 9.09 Å². The molecule has 0 unspecified atom stereocenters. The van der Waals surface area contributed by atoms with E-state index in [1.54, 1.807) is 0 Å². The molecule has 26 heavy (non-hydrogen) atoms. The van der Waals surface area contributed by atoms with Gasteiger partial charge in [-0.1, -0.05) is 69.6 Å². The number of aromatic nitrogens is 4. The molecule has 0 spiro atoms. The zero-order valence-corrected chi connectivity index (χ0v) is 16.1. The Balaban J connectivity index is 1.85. The number of hydrogen-bond acceptors (Lipinski definition) is 4. The summed E-state index contributed by atoms with van der Waals surface area (Å²) < 4.78 is 7.64. The van der Waals surface area contributed by atoms with Crippen LogP contribution in [0.4, 0.5) is 0 Å². The Morgan fingerprint density at radius 1 is 1.12 bits per heavy atom. The Bertz CT molecular complexity index is 820. The van der Waals surface area contributed by atoms with Crippen LogP contribution in [-0.2, 0) is 13.0 Å². The molecule has 3 aromatic rings. The first-order valence-electron chi connectivity index (χ1n) is 9.53. The third-order valence-electron chi connectivity index (χ3n) is 4.68. The first kappa shape index (κ1) is 18.4. The molecule has 2 heterocycles. The van der Waals surface area contributed by atoms with E-state index in [0.717, 1.165) is 37.3 Å². The molecule has 0 aliphatic heterocycles. The van der Waals surface area contributed by atoms with Gasteiger partial charge in [0.2, 0.25) is 5.89 Å². The van der Waals surface area contributed by atoms with Gasteiger partial charge in [0.25, 0.3) is 0 Å². The highest BCUT2D eigenvalue weighted by Gasteiger charge is 2.19. The molecule has 5 nitrogen and oxygen atoms in total. The monoisotopic (exact) mass is 352 g/mol. The summed E-state index contributed by atoms with van der Waals surface area (Å²) in [5.41, 5.74) is 3.55. The van der Waals surface area contributed by atoms with E-state index >= 15 is 0 Å². The molecule has 0 aliphatic carbocycles. The van der Waals surface area contributed by atoms with Crippen molar-refractivity contribution in [2.75, 3.05) is 0 Å². The van der Waals surface area contributed by atoms with Crippen LogP contribution in [0.2, 0.25) is 0 Å². The van der Waals surface area contributed by atoms with Crippen LogP contribution in [0.25, 0.3) is 11.3 Å². The zero-order valence-electron chi connectivity index (χ0n) is 16.1. The van der Waals surface area contributed by atoms with Crippen LogP contribution < -0.4 is 0 Å². The summed E-state index contributed by atoms with van der Waals surface area (Å²) in [7, 11) is 0. The summed E-state index contributed by atoms with van der Waals surface area (Å²) in [6.07, 6.45) is 4.96. The van der Waals surface area contributed by atoms with Crippen molar-refractivity contribution in [3.63, 3.8) is 0 Å². The maximum Gasteiger partial charge on any atom is 0.228 e. The summed E-state index contributed by atoms with van der Waals surface area (Å²) >= 11 is 0. The van der Waals surface area contributed by atoms with Crippen LogP contribution in [0, 0.1) is 0 Å². The number of benzene rings is 1. The number of hydrogen-bond donors (Lipinski definition) is 0. The lowest BCUT2D eigenvalue weighted by atomic mass is 9.97. The van der Waals surface area contributed by atoms with Gasteiger partial charge in [-0.3, -0.25) is 0 Å². The van der Waals surface area contributed by atoms with Gasteiger partial charge in [-0.15, -0.1) is 0 Å². The fourth-order valence-corrected chi connectivity index (χ4v) is 3.29. The minimum atomic E-state index is 0.283. The van der Waals surface area contributed by atoms with Crippen molar-refractivity contribution in [1.29, 1.82) is 0 Å². The highest BCUT2D eigenvalue weighted by atomic mass is 16.5. The molecular formula is C21H28N4O. The Morgan fingerprint density at radius 3 is 2.54 bits per heavy atom. The highest BCUT2D eigenvalue weighted by Crippen LogP contribution is 2.31. The summed E-state index contributed by atoms with van der Waals surface area (Å²) in [6.45, 7) is 9.45. The quantitative estimate of drug-likeness (QED) is 0.559. The molecule has 2 aromatic heterocycles. The summed E-state index contributed by atoms with van der Waals surface area (Å²) in [5, 5.41) is 4.06. The normalized spacial score (nSPS) is 12.7. The number of imidazole rings is 1. The van der Waals surface area contributed by atoms with Crippen LogP contribution in [0.3, 0.4) is 0 Å². The van der Waals surface area contributed by atoms with Gasteiger partial charge in [0.15, 0.2) is 5.82 Å². The summed E-state index contributed by atoms with van der Waals surface area (Å²) in [5.74, 6) is 2.20. The van der Waals surface area contributed by atoms with Crippen LogP contribution in [0.1, 0.15) is 69.8 Å². The Morgan fingerprint density at radius 2 is 1.88 bits per heavy atom. The van der Waals surface area contributed by atoms with E-state index in [1.807, 2.05) is 12.4 Å². The predicted octanol–water partition coefficient (Wildman–Crippen LogP) is 5.20. The van der Waals surface area contributed by atoms with E-state index in [4.69, 9.17) is 9.51 Å². The minimum Gasteiger partial charge on any atom is -0.339 e. The van der Waals surface area contributed by atoms with E-state index in [-0.39, 0.29) is 5.92 Å². The molecule has 0 bridgehead atoms. The smallest absolute Gasteiger partial charge is 0.228 e. The van der Waals surface area contributed by atoms with Gasteiger partial charge in [0.05, 0.1) is 12.0 Å². The van der Waals surface area contributed by atoms with Crippen molar-refractivity contribution in [3.05, 3.63) is 54.1 Å². The van der Waals surface area contributed by atoms with Crippen LogP contribution >= 0.6 is 0 Å². The molecular weight excluding hydrogens is 324 g/mol. The molecule has 3 rings (SSSR count). The van der Waals surface area contributed by atoms with Gasteiger partial charge >= 0.3 is 0 Å². The average molecular weight is 352 g/mol. The van der Waals surface area contributed by atoms with E-state index in [0.29, 0.717) is 11.8 Å². The van der Waals surface area contributed by atoms with Crippen LogP contribution in [0.5, 0.6) is 0 Å². The molecule has 1 aromatic carbocycles. The standard InChI is InChI=1S/C21H28N4O/c1-5-9-16(4)20-19(17-10-7-6-8-11-17)22-14-25(20)13-12-18-23-21(15(2)3)24-26-18/h6-8,10-11,14-16H,5,9,12-13H2,1-4H3/t16-/m0/s1. The van der Waals surface area contributed by atoms with E-state index in [1.165, 1.54) is 11.3 Å². The van der Waals surface area contributed by atoms with Crippen LogP contribution in [0.15, 0.2) is 41.2 Å². The lowest BCUT2D eigenvalue weighted by Crippen LogP contribution is -2.08. The summed E-state index contributed by atoms with van der Waals surface area (Å²) in [6, 6.07) is 10.4. The van der Waals surface area contributed by atoms with Crippen molar-refractivity contribution < 1.29 is 4.52 Å². The third kappa shape index (κ3) is 4.03. The first-order chi connectivity index (χ1) is 12.6. The highest BCUT2D eigenvalue weighted by molar-refractivity contribution is 5.62. The second-order valence-electron chi connectivity index (χ2n) is 7.18. The van der Waals surface area contributed by atoms with Crippen molar-refractivity contribution in [1.82, 2.24) is 19.7 Å². The number of rotatable bonds is 8. The molecule has 0 radical (unpaired) electrons. The molecule has 1 atom stereocenters. The zero-order chi connectivity index (χ0) is 18.5. The van der Waals surface area contributed by atoms with Gasteiger partial charge in [-0.2, -0.15) is 4.98 Å². The van der Waals surface area contributed by atoms with Crippen molar-refractivity contribution >= 4 is 0 Å². The van der Waals surface area contributed by atoms with E-state index in [2.05, 4.69) is 66.7 Å². The van der Waals surface area contributed by atoms with E-state index < -0.39 is 0 Å². The lowest BCUT2D eigenvalue weighted by molar-refractivity contribution is 0.364. The van der Waals surface area contributed by atoms with E-state index in [9.17, 15) is 0 Å². The Kier molecular flexibility index (Phi) is 5.86. The maximum absolute atomic E-state index is 5.39. The molecule has 0 amide bonds. The van der Waals surface area contributed by atoms with Crippen LogP contribution in [-0.4, -0.2) is 19.7 Å². The molecule has 0 saturated heterocycles. The van der Waals surface area contributed by atoms with Gasteiger partial charge in [-0.05, 0) is 12.3 Å². The van der Waals surface area contributed by atoms with Crippen molar-refractivity contribution in [2.45, 2.75) is 65.3 Å². The number of aryl methyl sites for hydroxylation is 2. The molecule has 0 fully saturated rings. The maximum atomic E-state index is 5.39. The largest absolute Gasteiger partial charge is 0.339 e. The lowest BCUT2D eigenvalue weighted by Gasteiger charge is -2.16. The van der Waals surface area contributed by atoms with Gasteiger partial charge in [0, 0.05) is 30.1 Å². The third-order valence-corrected chi connectivity index (χ3v) is 4.68. The fourth-order valence-electron chi connectivity index (χ4n) is 3.29. The van der Waals surface area contributed by atoms with Crippen molar-refractivity contribution in [2.24, 2.45) is 0 Å². The Labute approximate surface area is 155 Å². The molecule has 0 N–H and O–H groups in total. The van der Waals surface area contributed by atoms with Crippen molar-refractivity contribution in [3.8, 4) is 11.3 Å². The minimum absolute atomic E-state index is 0.283. The molecule has 0 saturated carbocycles. The average Bonchev–Trinajstić information content (AvgIpc) is 3.28. The predicted molar refractivity (Wildman–Crippen MR) is 103 cm³/mol. The van der Waals surface area contributed by atoms with Gasteiger partial charge in [0.1, 0.15) is 0 Å². The fraction of sp³-hybridized carbons (Fsp3) is 0.476. The first-order valence-corrected chi connectivity index (χ1v) is 9.53. The molecule has 5 heteroatoms. The molecule has 138 valence electrons. The number of nitrogens with zero attached hydrogens (tertiary/aromatic N) is 4. The second kappa shape index (κ2) is 8.30. The van der Waals surface area contributed by atoms with Gasteiger partial charge in [-0.25, -0.2) is 4.98 Å². The SMILES string of the molecule is CCC[C@H](C)c1c(-c2ccccc2)ncn1CCc1nc(C(C)C)no1. The summed E-state index contributed by atoms with van der Waals surface area (Å²) in [4.78, 5) is 9.22. The molecule has 0 aliphatic rings. The second-order valence-corrected chi connectivity index (χ2v) is 7.18. The Hall–Kier alpha value is -2.43.